The van der Waals surface area contributed by atoms with Crippen LogP contribution in [0, 0.1) is 6.92 Å². The van der Waals surface area contributed by atoms with Gasteiger partial charge in [0.15, 0.2) is 6.61 Å². The van der Waals surface area contributed by atoms with Crippen molar-refractivity contribution in [3.05, 3.63) is 65.2 Å². The zero-order valence-electron chi connectivity index (χ0n) is 14.4. The molecular formula is C20H25NO2. The van der Waals surface area contributed by atoms with Crippen molar-refractivity contribution in [1.82, 2.24) is 4.90 Å². The van der Waals surface area contributed by atoms with Gasteiger partial charge in [0.25, 0.3) is 5.91 Å². The van der Waals surface area contributed by atoms with Gasteiger partial charge in [0.05, 0.1) is 0 Å². The molecule has 0 radical (unpaired) electrons. The average molecular weight is 311 g/mol. The monoisotopic (exact) mass is 311 g/mol. The highest BCUT2D eigenvalue weighted by molar-refractivity contribution is 5.77. The van der Waals surface area contributed by atoms with E-state index < -0.39 is 0 Å². The molecule has 0 saturated carbocycles. The van der Waals surface area contributed by atoms with E-state index in [-0.39, 0.29) is 12.5 Å². The van der Waals surface area contributed by atoms with Crippen LogP contribution in [0.25, 0.3) is 0 Å². The highest BCUT2D eigenvalue weighted by Gasteiger charge is 2.10. The lowest BCUT2D eigenvalue weighted by molar-refractivity contribution is -0.132. The fourth-order valence-electron chi connectivity index (χ4n) is 2.27. The Morgan fingerprint density at radius 1 is 1.13 bits per heavy atom. The highest BCUT2D eigenvalue weighted by Crippen LogP contribution is 2.20. The van der Waals surface area contributed by atoms with Gasteiger partial charge >= 0.3 is 0 Å². The molecule has 2 aromatic carbocycles. The first-order valence-corrected chi connectivity index (χ1v) is 7.98. The number of carbonyl (C=O) groups excluding carboxylic acids is 1. The number of benzene rings is 2. The number of nitrogens with zero attached hydrogens (tertiary/aromatic N) is 1. The van der Waals surface area contributed by atoms with Crippen LogP contribution >= 0.6 is 0 Å². The second-order valence-corrected chi connectivity index (χ2v) is 6.25. The van der Waals surface area contributed by atoms with Gasteiger partial charge in [-0.25, -0.2) is 0 Å². The van der Waals surface area contributed by atoms with E-state index >= 15 is 0 Å². The minimum absolute atomic E-state index is 0.0273. The molecule has 23 heavy (non-hydrogen) atoms. The van der Waals surface area contributed by atoms with E-state index in [1.54, 1.807) is 11.9 Å². The van der Waals surface area contributed by atoms with Crippen LogP contribution in [0.4, 0.5) is 0 Å². The van der Waals surface area contributed by atoms with Gasteiger partial charge in [0.1, 0.15) is 5.75 Å². The van der Waals surface area contributed by atoms with Gasteiger partial charge in [-0.15, -0.1) is 0 Å². The van der Waals surface area contributed by atoms with Crippen LogP contribution in [0.2, 0.25) is 0 Å². The Labute approximate surface area is 138 Å². The lowest BCUT2D eigenvalue weighted by atomic mass is 10.0. The summed E-state index contributed by atoms with van der Waals surface area (Å²) in [5.41, 5.74) is 3.55. The maximum Gasteiger partial charge on any atom is 0.260 e. The number of amides is 1. The third-order valence-corrected chi connectivity index (χ3v) is 3.85. The molecule has 3 heteroatoms. The summed E-state index contributed by atoms with van der Waals surface area (Å²) < 4.78 is 5.65. The molecule has 3 nitrogen and oxygen atoms in total. The topological polar surface area (TPSA) is 29.5 Å². The summed E-state index contributed by atoms with van der Waals surface area (Å²) in [5, 5.41) is 0. The molecule has 1 amide bonds. The number of ether oxygens (including phenoxy) is 1. The number of aryl methyl sites for hydroxylation is 1. The Hall–Kier alpha value is -2.29. The van der Waals surface area contributed by atoms with Crippen molar-refractivity contribution in [3.8, 4) is 5.75 Å². The predicted octanol–water partition coefficient (Wildman–Crippen LogP) is 4.16. The molecule has 0 aromatic heterocycles. The molecule has 0 heterocycles. The van der Waals surface area contributed by atoms with Crippen LogP contribution in [0.15, 0.2) is 48.5 Å². The van der Waals surface area contributed by atoms with E-state index in [1.165, 1.54) is 11.1 Å². The largest absolute Gasteiger partial charge is 0.484 e. The van der Waals surface area contributed by atoms with Crippen molar-refractivity contribution in [2.75, 3.05) is 13.7 Å². The first kappa shape index (κ1) is 17.1. The minimum Gasteiger partial charge on any atom is -0.484 e. The summed E-state index contributed by atoms with van der Waals surface area (Å²) >= 11 is 0. The van der Waals surface area contributed by atoms with Gasteiger partial charge in [-0.05, 0) is 36.1 Å². The maximum atomic E-state index is 12.2. The number of likely N-dealkylation sites (N-methyl/N-ethyl adjacent to an activating group) is 1. The van der Waals surface area contributed by atoms with Crippen LogP contribution in [0.1, 0.15) is 36.5 Å². The minimum atomic E-state index is -0.0273. The van der Waals surface area contributed by atoms with E-state index in [1.807, 2.05) is 30.3 Å². The average Bonchev–Trinajstić information content (AvgIpc) is 2.55. The van der Waals surface area contributed by atoms with Gasteiger partial charge in [-0.1, -0.05) is 55.8 Å². The van der Waals surface area contributed by atoms with Gasteiger partial charge in [0, 0.05) is 13.6 Å². The molecule has 0 aliphatic heterocycles. The van der Waals surface area contributed by atoms with E-state index in [4.69, 9.17) is 4.74 Å². The fourth-order valence-corrected chi connectivity index (χ4v) is 2.27. The molecule has 2 rings (SSSR count). The molecule has 0 spiro atoms. The van der Waals surface area contributed by atoms with Crippen LogP contribution in [0.3, 0.4) is 0 Å². The standard InChI is InChI=1S/C20H25NO2/c1-15(2)18-6-5-7-19(12-18)23-14-20(22)21(4)13-17-10-8-16(3)9-11-17/h5-12,15H,13-14H2,1-4H3. The third-order valence-electron chi connectivity index (χ3n) is 3.85. The quantitative estimate of drug-likeness (QED) is 0.802. The second-order valence-electron chi connectivity index (χ2n) is 6.25. The molecular weight excluding hydrogens is 286 g/mol. The van der Waals surface area contributed by atoms with Gasteiger partial charge in [0.2, 0.25) is 0 Å². The predicted molar refractivity (Wildman–Crippen MR) is 93.7 cm³/mol. The highest BCUT2D eigenvalue weighted by atomic mass is 16.5. The number of rotatable bonds is 6. The van der Waals surface area contributed by atoms with Crippen LogP contribution < -0.4 is 4.74 Å². The van der Waals surface area contributed by atoms with E-state index in [9.17, 15) is 4.79 Å². The Kier molecular flexibility index (Phi) is 5.80. The SMILES string of the molecule is Cc1ccc(CN(C)C(=O)COc2cccc(C(C)C)c2)cc1. The summed E-state index contributed by atoms with van der Waals surface area (Å²) in [5.74, 6) is 1.16. The van der Waals surface area contributed by atoms with Crippen molar-refractivity contribution in [2.45, 2.75) is 33.2 Å². The molecule has 0 atom stereocenters. The number of hydrogen-bond acceptors (Lipinski definition) is 2. The van der Waals surface area contributed by atoms with E-state index in [0.717, 1.165) is 11.3 Å². The summed E-state index contributed by atoms with van der Waals surface area (Å²) in [6.07, 6.45) is 0. The van der Waals surface area contributed by atoms with Crippen LogP contribution in [0.5, 0.6) is 5.75 Å². The molecule has 122 valence electrons. The van der Waals surface area contributed by atoms with Crippen molar-refractivity contribution in [2.24, 2.45) is 0 Å². The second kappa shape index (κ2) is 7.82. The molecule has 0 bridgehead atoms. The van der Waals surface area contributed by atoms with Crippen molar-refractivity contribution in [1.29, 1.82) is 0 Å². The fraction of sp³-hybridized carbons (Fsp3) is 0.350. The summed E-state index contributed by atoms with van der Waals surface area (Å²) in [4.78, 5) is 13.9. The van der Waals surface area contributed by atoms with Crippen LogP contribution in [-0.4, -0.2) is 24.5 Å². The molecule has 0 N–H and O–H groups in total. The third kappa shape index (κ3) is 5.13. The molecule has 0 saturated heterocycles. The van der Waals surface area contributed by atoms with Gasteiger partial charge < -0.3 is 9.64 Å². The molecule has 2 aromatic rings. The van der Waals surface area contributed by atoms with E-state index in [0.29, 0.717) is 12.5 Å². The van der Waals surface area contributed by atoms with Crippen LogP contribution in [-0.2, 0) is 11.3 Å². The summed E-state index contributed by atoms with van der Waals surface area (Å²) in [6.45, 7) is 6.98. The molecule has 0 aliphatic carbocycles. The first-order chi connectivity index (χ1) is 11.0. The lowest BCUT2D eigenvalue weighted by Gasteiger charge is -2.18. The Morgan fingerprint density at radius 3 is 2.48 bits per heavy atom. The zero-order valence-corrected chi connectivity index (χ0v) is 14.4. The maximum absolute atomic E-state index is 12.2. The zero-order chi connectivity index (χ0) is 16.8. The smallest absolute Gasteiger partial charge is 0.260 e. The van der Waals surface area contributed by atoms with E-state index in [2.05, 4.69) is 39.0 Å². The molecule has 0 aliphatic rings. The first-order valence-electron chi connectivity index (χ1n) is 7.98. The Balaban J connectivity index is 1.88. The number of carbonyl (C=O) groups is 1. The van der Waals surface area contributed by atoms with Crippen molar-refractivity contribution in [3.63, 3.8) is 0 Å². The Bertz CT molecular complexity index is 647. The molecule has 0 fully saturated rings. The molecule has 0 unspecified atom stereocenters. The van der Waals surface area contributed by atoms with Gasteiger partial charge in [-0.3, -0.25) is 4.79 Å². The number of hydrogen-bond donors (Lipinski definition) is 0. The van der Waals surface area contributed by atoms with Gasteiger partial charge in [-0.2, -0.15) is 0 Å². The Morgan fingerprint density at radius 2 is 1.83 bits per heavy atom. The normalized spacial score (nSPS) is 10.7. The van der Waals surface area contributed by atoms with Crippen molar-refractivity contribution >= 4 is 5.91 Å². The van der Waals surface area contributed by atoms with Crippen molar-refractivity contribution < 1.29 is 9.53 Å². The summed E-state index contributed by atoms with van der Waals surface area (Å²) in [7, 11) is 1.80. The summed E-state index contributed by atoms with van der Waals surface area (Å²) in [6, 6.07) is 16.1. The lowest BCUT2D eigenvalue weighted by Crippen LogP contribution is -2.30.